The van der Waals surface area contributed by atoms with E-state index in [0.29, 0.717) is 37.1 Å². The van der Waals surface area contributed by atoms with E-state index < -0.39 is 6.10 Å². The molecule has 5 nitrogen and oxygen atoms in total. The molecule has 0 aliphatic carbocycles. The van der Waals surface area contributed by atoms with Gasteiger partial charge in [0.2, 0.25) is 0 Å². The van der Waals surface area contributed by atoms with Gasteiger partial charge >= 0.3 is 0 Å². The zero-order chi connectivity index (χ0) is 17.2. The van der Waals surface area contributed by atoms with Crippen LogP contribution in [0.4, 0.5) is 0 Å². The maximum atomic E-state index is 9.91. The Labute approximate surface area is 141 Å². The number of nitrogens with zero attached hydrogens (tertiary/aromatic N) is 2. The summed E-state index contributed by atoms with van der Waals surface area (Å²) >= 11 is 0. The van der Waals surface area contributed by atoms with Crippen LogP contribution in [0, 0.1) is 0 Å². The average Bonchev–Trinajstić information content (AvgIpc) is 2.58. The topological polar surface area (TPSA) is 85.4 Å². The molecule has 24 heavy (non-hydrogen) atoms. The summed E-state index contributed by atoms with van der Waals surface area (Å²) in [6, 6.07) is 14.0. The molecule has 5 heteroatoms. The lowest BCUT2D eigenvalue weighted by Gasteiger charge is -2.06. The van der Waals surface area contributed by atoms with Crippen molar-refractivity contribution in [2.75, 3.05) is 13.1 Å². The van der Waals surface area contributed by atoms with Crippen molar-refractivity contribution in [3.8, 4) is 11.5 Å². The van der Waals surface area contributed by atoms with Gasteiger partial charge in [-0.05, 0) is 37.1 Å². The predicted molar refractivity (Wildman–Crippen MR) is 96.4 cm³/mol. The van der Waals surface area contributed by atoms with Gasteiger partial charge in [0.1, 0.15) is 11.5 Å². The third-order valence-corrected chi connectivity index (χ3v) is 3.52. The SMILES string of the molecule is Oc1ccccc1/C=N/CCC(O)CC/N=C/c1ccccc1O. The molecule has 0 aromatic heterocycles. The van der Waals surface area contributed by atoms with E-state index in [2.05, 4.69) is 9.98 Å². The van der Waals surface area contributed by atoms with Crippen LogP contribution in [0.5, 0.6) is 11.5 Å². The van der Waals surface area contributed by atoms with E-state index in [1.807, 2.05) is 12.1 Å². The Morgan fingerprint density at radius 3 is 1.58 bits per heavy atom. The van der Waals surface area contributed by atoms with Gasteiger partial charge in [-0.1, -0.05) is 24.3 Å². The molecule has 2 rings (SSSR count). The lowest BCUT2D eigenvalue weighted by atomic mass is 10.2. The number of benzene rings is 2. The van der Waals surface area contributed by atoms with Gasteiger partial charge in [-0.3, -0.25) is 9.98 Å². The first-order valence-corrected chi connectivity index (χ1v) is 7.90. The summed E-state index contributed by atoms with van der Waals surface area (Å²) in [5.74, 6) is 0.389. The zero-order valence-corrected chi connectivity index (χ0v) is 13.4. The first-order valence-electron chi connectivity index (χ1n) is 7.90. The molecule has 0 saturated heterocycles. The highest BCUT2D eigenvalue weighted by atomic mass is 16.3. The molecule has 0 heterocycles. The third kappa shape index (κ3) is 5.85. The normalized spacial score (nSPS) is 11.8. The van der Waals surface area contributed by atoms with Gasteiger partial charge in [-0.15, -0.1) is 0 Å². The zero-order valence-electron chi connectivity index (χ0n) is 13.4. The van der Waals surface area contributed by atoms with Crippen molar-refractivity contribution in [3.05, 3.63) is 59.7 Å². The average molecular weight is 326 g/mol. The minimum Gasteiger partial charge on any atom is -0.507 e. The molecule has 3 N–H and O–H groups in total. The summed E-state index contributed by atoms with van der Waals surface area (Å²) in [7, 11) is 0. The van der Waals surface area contributed by atoms with E-state index >= 15 is 0 Å². The number of aliphatic hydroxyl groups is 1. The summed E-state index contributed by atoms with van der Waals surface area (Å²) in [6.45, 7) is 0.970. The highest BCUT2D eigenvalue weighted by molar-refractivity contribution is 5.83. The first kappa shape index (κ1) is 17.7. The Bertz CT molecular complexity index is 639. The molecular formula is C19H22N2O3. The summed E-state index contributed by atoms with van der Waals surface area (Å²) in [5, 5.41) is 29.1. The number of rotatable bonds is 8. The summed E-state index contributed by atoms with van der Waals surface area (Å²) in [4.78, 5) is 8.43. The number of aliphatic imine (C=N–C) groups is 2. The van der Waals surface area contributed by atoms with Crippen molar-refractivity contribution in [2.24, 2.45) is 9.98 Å². The van der Waals surface area contributed by atoms with Crippen molar-refractivity contribution in [1.29, 1.82) is 0 Å². The van der Waals surface area contributed by atoms with Gasteiger partial charge in [-0.2, -0.15) is 0 Å². The third-order valence-electron chi connectivity index (χ3n) is 3.52. The van der Waals surface area contributed by atoms with Crippen LogP contribution in [-0.4, -0.2) is 46.9 Å². The van der Waals surface area contributed by atoms with E-state index in [1.165, 1.54) is 0 Å². The molecule has 0 amide bonds. The second-order valence-corrected chi connectivity index (χ2v) is 5.42. The predicted octanol–water partition coefficient (Wildman–Crippen LogP) is 2.78. The lowest BCUT2D eigenvalue weighted by Crippen LogP contribution is -2.09. The Kier molecular flexibility index (Phi) is 6.98. The molecular weight excluding hydrogens is 304 g/mol. The quantitative estimate of drug-likeness (QED) is 0.652. The maximum absolute atomic E-state index is 9.91. The number of para-hydroxylation sites is 2. The number of phenols is 2. The van der Waals surface area contributed by atoms with Gasteiger partial charge in [0.05, 0.1) is 6.10 Å². The van der Waals surface area contributed by atoms with Crippen molar-refractivity contribution < 1.29 is 15.3 Å². The number of phenolic OH excluding ortho intramolecular Hbond substituents is 2. The molecule has 126 valence electrons. The summed E-state index contributed by atoms with van der Waals surface area (Å²) in [6.07, 6.45) is 3.82. The first-order chi connectivity index (χ1) is 11.7. The molecule has 0 saturated carbocycles. The van der Waals surface area contributed by atoms with Gasteiger partial charge < -0.3 is 15.3 Å². The van der Waals surface area contributed by atoms with Gasteiger partial charge in [-0.25, -0.2) is 0 Å². The standard InChI is InChI=1S/C19H22N2O3/c22-17(9-11-20-13-15-5-1-3-7-18(15)23)10-12-21-14-16-6-2-4-8-19(16)24/h1-8,13-14,17,22-24H,9-12H2/b20-13+,21-14+. The van der Waals surface area contributed by atoms with E-state index in [4.69, 9.17) is 0 Å². The van der Waals surface area contributed by atoms with Crippen LogP contribution in [0.1, 0.15) is 24.0 Å². The Hall–Kier alpha value is -2.66. The van der Waals surface area contributed by atoms with E-state index in [9.17, 15) is 15.3 Å². The second kappa shape index (κ2) is 9.47. The van der Waals surface area contributed by atoms with Gasteiger partial charge in [0.25, 0.3) is 0 Å². The van der Waals surface area contributed by atoms with E-state index in [1.54, 1.807) is 48.8 Å². The fourth-order valence-electron chi connectivity index (χ4n) is 2.11. The minimum absolute atomic E-state index is 0.195. The fraction of sp³-hybridized carbons (Fsp3) is 0.263. The second-order valence-electron chi connectivity index (χ2n) is 5.42. The van der Waals surface area contributed by atoms with Crippen LogP contribution in [0.25, 0.3) is 0 Å². The van der Waals surface area contributed by atoms with Crippen LogP contribution in [-0.2, 0) is 0 Å². The molecule has 2 aromatic carbocycles. The molecule has 0 radical (unpaired) electrons. The van der Waals surface area contributed by atoms with Crippen molar-refractivity contribution >= 4 is 12.4 Å². The Morgan fingerprint density at radius 2 is 1.17 bits per heavy atom. The largest absolute Gasteiger partial charge is 0.507 e. The smallest absolute Gasteiger partial charge is 0.124 e. The molecule has 0 bridgehead atoms. The van der Waals surface area contributed by atoms with E-state index in [-0.39, 0.29) is 11.5 Å². The summed E-state index contributed by atoms with van der Waals surface area (Å²) in [5.41, 5.74) is 1.33. The summed E-state index contributed by atoms with van der Waals surface area (Å²) < 4.78 is 0. The van der Waals surface area contributed by atoms with Crippen molar-refractivity contribution in [2.45, 2.75) is 18.9 Å². The minimum atomic E-state index is -0.479. The number of aliphatic hydroxyl groups excluding tert-OH is 1. The molecule has 2 aromatic rings. The van der Waals surface area contributed by atoms with Crippen molar-refractivity contribution in [3.63, 3.8) is 0 Å². The molecule has 0 spiro atoms. The number of hydrogen-bond acceptors (Lipinski definition) is 5. The number of hydrogen-bond donors (Lipinski definition) is 3. The van der Waals surface area contributed by atoms with Crippen LogP contribution in [0.15, 0.2) is 58.5 Å². The highest BCUT2D eigenvalue weighted by Gasteiger charge is 2.02. The van der Waals surface area contributed by atoms with E-state index in [0.717, 1.165) is 0 Å². The fourth-order valence-corrected chi connectivity index (χ4v) is 2.11. The van der Waals surface area contributed by atoms with Crippen molar-refractivity contribution in [1.82, 2.24) is 0 Å². The van der Waals surface area contributed by atoms with Crippen LogP contribution < -0.4 is 0 Å². The highest BCUT2D eigenvalue weighted by Crippen LogP contribution is 2.13. The van der Waals surface area contributed by atoms with Crippen LogP contribution in [0.2, 0.25) is 0 Å². The van der Waals surface area contributed by atoms with Gasteiger partial charge in [0, 0.05) is 36.6 Å². The lowest BCUT2D eigenvalue weighted by molar-refractivity contribution is 0.160. The maximum Gasteiger partial charge on any atom is 0.124 e. The monoisotopic (exact) mass is 326 g/mol. The van der Waals surface area contributed by atoms with Gasteiger partial charge in [0.15, 0.2) is 0 Å². The Balaban J connectivity index is 1.68. The molecule has 0 aliphatic heterocycles. The molecule has 0 aliphatic rings. The van der Waals surface area contributed by atoms with Crippen LogP contribution in [0.3, 0.4) is 0 Å². The molecule has 0 unspecified atom stereocenters. The molecule has 0 atom stereocenters. The van der Waals surface area contributed by atoms with Crippen LogP contribution >= 0.6 is 0 Å². The number of aromatic hydroxyl groups is 2. The molecule has 0 fully saturated rings. The Morgan fingerprint density at radius 1 is 0.750 bits per heavy atom.